The van der Waals surface area contributed by atoms with Crippen LogP contribution in [0.25, 0.3) is 0 Å². The smallest absolute Gasteiger partial charge is 0.244 e. The number of anilines is 1. The zero-order valence-corrected chi connectivity index (χ0v) is 13.9. The summed E-state index contributed by atoms with van der Waals surface area (Å²) in [7, 11) is -2.10. The Labute approximate surface area is 125 Å². The van der Waals surface area contributed by atoms with Crippen molar-refractivity contribution in [3.05, 3.63) is 17.3 Å². The number of nitrogen functional groups attached to an aromatic ring is 1. The van der Waals surface area contributed by atoms with E-state index in [0.717, 1.165) is 0 Å². The van der Waals surface area contributed by atoms with E-state index in [1.54, 1.807) is 7.05 Å². The van der Waals surface area contributed by atoms with Crippen molar-refractivity contribution in [2.45, 2.75) is 38.6 Å². The van der Waals surface area contributed by atoms with Crippen LogP contribution in [0.5, 0.6) is 0 Å². The van der Waals surface area contributed by atoms with Gasteiger partial charge >= 0.3 is 0 Å². The van der Waals surface area contributed by atoms with Crippen LogP contribution < -0.4 is 11.3 Å². The molecule has 1 atom stereocenters. The molecule has 0 aromatic carbocycles. The highest BCUT2D eigenvalue weighted by atomic mass is 35.5. The molecule has 0 fully saturated rings. The van der Waals surface area contributed by atoms with Gasteiger partial charge in [-0.15, -0.1) is 0 Å². The highest BCUT2D eigenvalue weighted by Gasteiger charge is 2.32. The van der Waals surface area contributed by atoms with Gasteiger partial charge in [0, 0.05) is 19.3 Å². The van der Waals surface area contributed by atoms with Crippen molar-refractivity contribution in [1.29, 1.82) is 0 Å². The maximum Gasteiger partial charge on any atom is 0.244 e. The number of hydrogen-bond acceptors (Lipinski definition) is 5. The summed E-state index contributed by atoms with van der Waals surface area (Å²) in [4.78, 5) is 3.93. The summed E-state index contributed by atoms with van der Waals surface area (Å²) in [6.45, 7) is 7.81. The number of halogens is 1. The van der Waals surface area contributed by atoms with E-state index in [1.165, 1.54) is 16.6 Å². The minimum atomic E-state index is -3.65. The normalized spacial score (nSPS) is 14.4. The van der Waals surface area contributed by atoms with E-state index in [-0.39, 0.29) is 27.2 Å². The molecular weight excluding hydrogens is 300 g/mol. The molecule has 1 aromatic heterocycles. The molecule has 1 aromatic rings. The molecule has 0 aliphatic carbocycles. The molecule has 3 N–H and O–H groups in total. The Kier molecular flexibility index (Phi) is 5.02. The summed E-state index contributed by atoms with van der Waals surface area (Å²) in [5.41, 5.74) is 2.12. The minimum Gasteiger partial charge on any atom is -0.307 e. The number of nitrogens with two attached hydrogens (primary N) is 1. The van der Waals surface area contributed by atoms with Gasteiger partial charge in [0.25, 0.3) is 0 Å². The van der Waals surface area contributed by atoms with E-state index in [2.05, 4.69) is 10.4 Å². The molecule has 1 heterocycles. The SMILES string of the molecule is CC(N(C)S(=O)(=O)c1cnc(NN)c(Cl)c1)C(C)(C)C. The molecule has 1 rings (SSSR count). The minimum absolute atomic E-state index is 0.0418. The number of nitrogens with zero attached hydrogens (tertiary/aromatic N) is 2. The molecular formula is C12H21ClN4O2S. The number of hydrogen-bond donors (Lipinski definition) is 2. The van der Waals surface area contributed by atoms with Crippen LogP contribution in [0, 0.1) is 5.41 Å². The molecule has 0 aliphatic rings. The van der Waals surface area contributed by atoms with Crippen molar-refractivity contribution < 1.29 is 8.42 Å². The van der Waals surface area contributed by atoms with Crippen LogP contribution in [0.1, 0.15) is 27.7 Å². The predicted octanol–water partition coefficient (Wildman–Crippen LogP) is 2.08. The number of nitrogens with one attached hydrogen (secondary N) is 1. The third-order valence-electron chi connectivity index (χ3n) is 3.43. The van der Waals surface area contributed by atoms with Gasteiger partial charge in [0.1, 0.15) is 4.90 Å². The Morgan fingerprint density at radius 2 is 2.00 bits per heavy atom. The van der Waals surface area contributed by atoms with Gasteiger partial charge < -0.3 is 5.43 Å². The fourth-order valence-corrected chi connectivity index (χ4v) is 3.39. The molecule has 0 saturated heterocycles. The maximum atomic E-state index is 12.5. The van der Waals surface area contributed by atoms with Crippen LogP contribution in [0.3, 0.4) is 0 Å². The van der Waals surface area contributed by atoms with Gasteiger partial charge in [-0.25, -0.2) is 19.2 Å². The van der Waals surface area contributed by atoms with Gasteiger partial charge in [-0.1, -0.05) is 32.4 Å². The number of hydrazine groups is 1. The van der Waals surface area contributed by atoms with Gasteiger partial charge in [-0.2, -0.15) is 4.31 Å². The Hall–Kier alpha value is -0.890. The average molecular weight is 321 g/mol. The fourth-order valence-electron chi connectivity index (χ4n) is 1.59. The summed E-state index contributed by atoms with van der Waals surface area (Å²) >= 11 is 5.92. The fraction of sp³-hybridized carbons (Fsp3) is 0.583. The molecule has 0 spiro atoms. The maximum absolute atomic E-state index is 12.5. The van der Waals surface area contributed by atoms with E-state index >= 15 is 0 Å². The van der Waals surface area contributed by atoms with Crippen LogP contribution in [-0.4, -0.2) is 30.8 Å². The number of aromatic nitrogens is 1. The lowest BCUT2D eigenvalue weighted by molar-refractivity contribution is 0.216. The molecule has 8 heteroatoms. The predicted molar refractivity (Wildman–Crippen MR) is 80.9 cm³/mol. The van der Waals surface area contributed by atoms with Crippen LogP contribution in [0.15, 0.2) is 17.2 Å². The van der Waals surface area contributed by atoms with Crippen molar-refractivity contribution in [2.24, 2.45) is 11.3 Å². The van der Waals surface area contributed by atoms with Crippen LogP contribution in [-0.2, 0) is 10.0 Å². The Morgan fingerprint density at radius 1 is 1.45 bits per heavy atom. The Balaban J connectivity index is 3.20. The van der Waals surface area contributed by atoms with Crippen molar-refractivity contribution in [3.8, 4) is 0 Å². The van der Waals surface area contributed by atoms with E-state index in [0.29, 0.717) is 0 Å². The van der Waals surface area contributed by atoms with Gasteiger partial charge in [0.2, 0.25) is 10.0 Å². The second-order valence-electron chi connectivity index (χ2n) is 5.71. The average Bonchev–Trinajstić information content (AvgIpc) is 2.35. The summed E-state index contributed by atoms with van der Waals surface area (Å²) in [5.74, 6) is 5.45. The Morgan fingerprint density at radius 3 is 2.40 bits per heavy atom. The largest absolute Gasteiger partial charge is 0.307 e. The standard InChI is InChI=1S/C12H21ClN4O2S/c1-8(12(2,3)4)17(5)20(18,19)9-6-10(13)11(16-14)15-7-9/h6-8H,14H2,1-5H3,(H,15,16). The molecule has 1 unspecified atom stereocenters. The first-order valence-corrected chi connectivity index (χ1v) is 7.93. The first-order valence-electron chi connectivity index (χ1n) is 6.12. The highest BCUT2D eigenvalue weighted by molar-refractivity contribution is 7.89. The molecule has 114 valence electrons. The Bertz CT molecular complexity index is 584. The second-order valence-corrected chi connectivity index (χ2v) is 8.11. The van der Waals surface area contributed by atoms with Crippen molar-refractivity contribution in [3.63, 3.8) is 0 Å². The number of sulfonamides is 1. The number of rotatable bonds is 4. The van der Waals surface area contributed by atoms with E-state index in [9.17, 15) is 8.42 Å². The van der Waals surface area contributed by atoms with Gasteiger partial charge in [-0.05, 0) is 18.4 Å². The van der Waals surface area contributed by atoms with Crippen LogP contribution >= 0.6 is 11.6 Å². The second kappa shape index (κ2) is 5.85. The monoisotopic (exact) mass is 320 g/mol. The lowest BCUT2D eigenvalue weighted by Gasteiger charge is -2.34. The zero-order chi connectivity index (χ0) is 15.7. The topological polar surface area (TPSA) is 88.3 Å². The third kappa shape index (κ3) is 3.41. The summed E-state index contributed by atoms with van der Waals surface area (Å²) in [6.07, 6.45) is 1.24. The first-order chi connectivity index (χ1) is 9.01. The van der Waals surface area contributed by atoms with Gasteiger partial charge in [-0.3, -0.25) is 0 Å². The highest BCUT2D eigenvalue weighted by Crippen LogP contribution is 2.29. The van der Waals surface area contributed by atoms with Crippen LogP contribution in [0.2, 0.25) is 5.02 Å². The summed E-state index contributed by atoms with van der Waals surface area (Å²) in [5, 5.41) is 0.158. The van der Waals surface area contributed by atoms with Gasteiger partial charge in [0.15, 0.2) is 5.82 Å². The molecule has 6 nitrogen and oxygen atoms in total. The molecule has 0 amide bonds. The zero-order valence-electron chi connectivity index (χ0n) is 12.3. The van der Waals surface area contributed by atoms with E-state index in [4.69, 9.17) is 17.4 Å². The van der Waals surface area contributed by atoms with Crippen LogP contribution in [0.4, 0.5) is 5.82 Å². The summed E-state index contributed by atoms with van der Waals surface area (Å²) in [6, 6.07) is 1.16. The van der Waals surface area contributed by atoms with Crippen molar-refractivity contribution in [1.82, 2.24) is 9.29 Å². The first kappa shape index (κ1) is 17.2. The lowest BCUT2D eigenvalue weighted by atomic mass is 9.88. The molecule has 0 saturated carbocycles. The molecule has 0 radical (unpaired) electrons. The molecule has 0 aliphatic heterocycles. The quantitative estimate of drug-likeness (QED) is 0.655. The van der Waals surface area contributed by atoms with E-state index < -0.39 is 10.0 Å². The molecule has 0 bridgehead atoms. The summed E-state index contributed by atoms with van der Waals surface area (Å²) < 4.78 is 26.4. The lowest BCUT2D eigenvalue weighted by Crippen LogP contribution is -2.42. The van der Waals surface area contributed by atoms with Crippen molar-refractivity contribution >= 4 is 27.4 Å². The van der Waals surface area contributed by atoms with Crippen molar-refractivity contribution in [2.75, 3.05) is 12.5 Å². The third-order valence-corrected chi connectivity index (χ3v) is 5.61. The van der Waals surface area contributed by atoms with E-state index in [1.807, 2.05) is 27.7 Å². The molecule has 20 heavy (non-hydrogen) atoms. The van der Waals surface area contributed by atoms with Gasteiger partial charge in [0.05, 0.1) is 5.02 Å². The number of pyridine rings is 1.